The van der Waals surface area contributed by atoms with Gasteiger partial charge >= 0.3 is 6.03 Å². The maximum absolute atomic E-state index is 12.3. The largest absolute Gasteiger partial charge is 0.352 e. The molecule has 22 heavy (non-hydrogen) atoms. The van der Waals surface area contributed by atoms with E-state index < -0.39 is 6.03 Å². The SMILES string of the molecule is CSC1CCCC(NC(=O)c2ccc(CNC(N)=O)cc2)C1. The number of thioether (sulfide) groups is 1. The van der Waals surface area contributed by atoms with Gasteiger partial charge in [0, 0.05) is 23.4 Å². The number of nitrogens with one attached hydrogen (secondary N) is 2. The molecular weight excluding hydrogens is 298 g/mol. The van der Waals surface area contributed by atoms with Gasteiger partial charge in [0.05, 0.1) is 0 Å². The van der Waals surface area contributed by atoms with Crippen molar-refractivity contribution in [1.82, 2.24) is 10.6 Å². The molecule has 4 N–H and O–H groups in total. The van der Waals surface area contributed by atoms with Crippen LogP contribution in [0.4, 0.5) is 4.79 Å². The Labute approximate surface area is 135 Å². The molecule has 5 nitrogen and oxygen atoms in total. The topological polar surface area (TPSA) is 84.2 Å². The molecule has 0 aromatic heterocycles. The molecule has 3 amide bonds. The number of primary amides is 1. The van der Waals surface area contributed by atoms with Crippen LogP contribution in [0.3, 0.4) is 0 Å². The van der Waals surface area contributed by atoms with E-state index in [0.29, 0.717) is 17.4 Å². The lowest BCUT2D eigenvalue weighted by Gasteiger charge is -2.28. The van der Waals surface area contributed by atoms with E-state index >= 15 is 0 Å². The predicted molar refractivity (Wildman–Crippen MR) is 89.9 cm³/mol. The van der Waals surface area contributed by atoms with E-state index in [9.17, 15) is 9.59 Å². The second-order valence-electron chi connectivity index (χ2n) is 5.61. The van der Waals surface area contributed by atoms with Gasteiger partial charge in [0.15, 0.2) is 0 Å². The fourth-order valence-corrected chi connectivity index (χ4v) is 3.55. The van der Waals surface area contributed by atoms with Gasteiger partial charge in [0.25, 0.3) is 5.91 Å². The number of rotatable bonds is 5. The first-order chi connectivity index (χ1) is 10.6. The molecule has 1 saturated carbocycles. The lowest BCUT2D eigenvalue weighted by atomic mass is 9.94. The van der Waals surface area contributed by atoms with Crippen molar-refractivity contribution >= 4 is 23.7 Å². The molecule has 1 aromatic rings. The summed E-state index contributed by atoms with van der Waals surface area (Å²) in [5, 5.41) is 6.30. The Morgan fingerprint density at radius 2 is 2.00 bits per heavy atom. The molecule has 120 valence electrons. The summed E-state index contributed by atoms with van der Waals surface area (Å²) < 4.78 is 0. The minimum atomic E-state index is -0.553. The number of carbonyl (C=O) groups excluding carboxylic acids is 2. The van der Waals surface area contributed by atoms with E-state index in [-0.39, 0.29) is 11.9 Å². The molecule has 2 unspecified atom stereocenters. The standard InChI is InChI=1S/C16H23N3O2S/c1-22-14-4-2-3-13(9-14)19-15(20)12-7-5-11(6-8-12)10-18-16(17)21/h5-8,13-14H,2-4,9-10H2,1H3,(H,19,20)(H3,17,18,21). The van der Waals surface area contributed by atoms with Crippen LogP contribution in [0.5, 0.6) is 0 Å². The second-order valence-corrected chi connectivity index (χ2v) is 6.75. The maximum Gasteiger partial charge on any atom is 0.312 e. The van der Waals surface area contributed by atoms with Crippen molar-refractivity contribution in [2.45, 2.75) is 43.5 Å². The Morgan fingerprint density at radius 1 is 1.27 bits per heavy atom. The summed E-state index contributed by atoms with van der Waals surface area (Å²) in [7, 11) is 0. The molecular formula is C16H23N3O2S. The monoisotopic (exact) mass is 321 g/mol. The van der Waals surface area contributed by atoms with Crippen molar-refractivity contribution in [2.75, 3.05) is 6.26 Å². The maximum atomic E-state index is 12.3. The minimum Gasteiger partial charge on any atom is -0.352 e. The molecule has 0 radical (unpaired) electrons. The lowest BCUT2D eigenvalue weighted by Crippen LogP contribution is -2.39. The van der Waals surface area contributed by atoms with Crippen LogP contribution in [0.15, 0.2) is 24.3 Å². The summed E-state index contributed by atoms with van der Waals surface area (Å²) in [5.74, 6) is -0.0267. The Morgan fingerprint density at radius 3 is 2.64 bits per heavy atom. The van der Waals surface area contributed by atoms with Crippen molar-refractivity contribution in [3.05, 3.63) is 35.4 Å². The quantitative estimate of drug-likeness (QED) is 0.778. The Kier molecular flexibility index (Phi) is 6.12. The molecule has 1 fully saturated rings. The third-order valence-electron chi connectivity index (χ3n) is 3.98. The summed E-state index contributed by atoms with van der Waals surface area (Å²) >= 11 is 1.89. The average Bonchev–Trinajstić information content (AvgIpc) is 2.53. The molecule has 0 aliphatic heterocycles. The zero-order valence-electron chi connectivity index (χ0n) is 12.8. The van der Waals surface area contributed by atoms with Crippen LogP contribution in [-0.2, 0) is 6.54 Å². The molecule has 0 spiro atoms. The summed E-state index contributed by atoms with van der Waals surface area (Å²) in [5.41, 5.74) is 6.59. The molecule has 6 heteroatoms. The fraction of sp³-hybridized carbons (Fsp3) is 0.500. The Bertz CT molecular complexity index is 519. The van der Waals surface area contributed by atoms with Gasteiger partial charge in [-0.3, -0.25) is 4.79 Å². The van der Waals surface area contributed by atoms with E-state index in [1.807, 2.05) is 23.9 Å². The number of amides is 3. The first-order valence-electron chi connectivity index (χ1n) is 7.54. The highest BCUT2D eigenvalue weighted by atomic mass is 32.2. The minimum absolute atomic E-state index is 0.0267. The predicted octanol–water partition coefficient (Wildman–Crippen LogP) is 2.26. The number of benzene rings is 1. The van der Waals surface area contributed by atoms with Crippen LogP contribution in [0, 0.1) is 0 Å². The molecule has 2 atom stereocenters. The van der Waals surface area contributed by atoms with Gasteiger partial charge in [0.1, 0.15) is 0 Å². The lowest BCUT2D eigenvalue weighted by molar-refractivity contribution is 0.0928. The Hall–Kier alpha value is -1.69. The van der Waals surface area contributed by atoms with E-state index in [1.54, 1.807) is 12.1 Å². The third kappa shape index (κ3) is 4.94. The number of carbonyl (C=O) groups is 2. The molecule has 1 aliphatic rings. The number of hydrogen-bond donors (Lipinski definition) is 3. The summed E-state index contributed by atoms with van der Waals surface area (Å²) in [6.07, 6.45) is 6.66. The highest BCUT2D eigenvalue weighted by Crippen LogP contribution is 2.27. The van der Waals surface area contributed by atoms with E-state index in [2.05, 4.69) is 16.9 Å². The highest BCUT2D eigenvalue weighted by molar-refractivity contribution is 7.99. The van der Waals surface area contributed by atoms with Crippen LogP contribution in [0.2, 0.25) is 0 Å². The van der Waals surface area contributed by atoms with Gasteiger partial charge in [-0.1, -0.05) is 18.6 Å². The second kappa shape index (κ2) is 8.08. The van der Waals surface area contributed by atoms with E-state index in [0.717, 1.165) is 18.4 Å². The molecule has 1 aliphatic carbocycles. The first kappa shape index (κ1) is 16.7. The zero-order chi connectivity index (χ0) is 15.9. The molecule has 0 heterocycles. The van der Waals surface area contributed by atoms with Crippen molar-refractivity contribution in [3.63, 3.8) is 0 Å². The summed E-state index contributed by atoms with van der Waals surface area (Å²) in [6.45, 7) is 0.370. The van der Waals surface area contributed by atoms with Crippen LogP contribution in [0.25, 0.3) is 0 Å². The van der Waals surface area contributed by atoms with Gasteiger partial charge in [-0.05, 0) is 43.2 Å². The number of hydrogen-bond acceptors (Lipinski definition) is 3. The van der Waals surface area contributed by atoms with Gasteiger partial charge < -0.3 is 16.4 Å². The smallest absolute Gasteiger partial charge is 0.312 e. The van der Waals surface area contributed by atoms with Crippen LogP contribution in [-0.4, -0.2) is 29.5 Å². The zero-order valence-corrected chi connectivity index (χ0v) is 13.6. The van der Waals surface area contributed by atoms with Crippen LogP contribution >= 0.6 is 11.8 Å². The van der Waals surface area contributed by atoms with Crippen molar-refractivity contribution in [2.24, 2.45) is 5.73 Å². The number of urea groups is 1. The van der Waals surface area contributed by atoms with E-state index in [4.69, 9.17) is 5.73 Å². The van der Waals surface area contributed by atoms with Crippen molar-refractivity contribution in [3.8, 4) is 0 Å². The highest BCUT2D eigenvalue weighted by Gasteiger charge is 2.22. The summed E-state index contributed by atoms with van der Waals surface area (Å²) in [6, 6.07) is 6.94. The molecule has 0 saturated heterocycles. The van der Waals surface area contributed by atoms with Crippen LogP contribution < -0.4 is 16.4 Å². The average molecular weight is 321 g/mol. The normalized spacial score (nSPS) is 21.1. The first-order valence-corrected chi connectivity index (χ1v) is 8.83. The van der Waals surface area contributed by atoms with E-state index in [1.165, 1.54) is 12.8 Å². The molecule has 1 aromatic carbocycles. The van der Waals surface area contributed by atoms with Gasteiger partial charge in [-0.15, -0.1) is 0 Å². The van der Waals surface area contributed by atoms with Crippen molar-refractivity contribution < 1.29 is 9.59 Å². The van der Waals surface area contributed by atoms with Crippen molar-refractivity contribution in [1.29, 1.82) is 0 Å². The van der Waals surface area contributed by atoms with Crippen LogP contribution in [0.1, 0.15) is 41.6 Å². The summed E-state index contributed by atoms with van der Waals surface area (Å²) in [4.78, 5) is 22.9. The fourth-order valence-electron chi connectivity index (χ4n) is 2.72. The third-order valence-corrected chi connectivity index (χ3v) is 5.07. The van der Waals surface area contributed by atoms with Gasteiger partial charge in [0.2, 0.25) is 0 Å². The van der Waals surface area contributed by atoms with Gasteiger partial charge in [-0.25, -0.2) is 4.79 Å². The molecule has 0 bridgehead atoms. The molecule has 2 rings (SSSR count). The van der Waals surface area contributed by atoms with Gasteiger partial charge in [-0.2, -0.15) is 11.8 Å². The number of nitrogens with two attached hydrogens (primary N) is 1. The Balaban J connectivity index is 1.88.